The molecule has 2 aliphatic heterocycles. The quantitative estimate of drug-likeness (QED) is 0.369. The van der Waals surface area contributed by atoms with Crippen molar-refractivity contribution in [3.05, 3.63) is 0 Å². The number of aliphatic hydroxyl groups is 1. The smallest absolute Gasteiger partial charge is 0.143 e. The van der Waals surface area contributed by atoms with Crippen LogP contribution >= 0.6 is 6.49 Å². The van der Waals surface area contributed by atoms with Gasteiger partial charge in [0.1, 0.15) is 6.49 Å². The lowest BCUT2D eigenvalue weighted by atomic mass is 10.5. The van der Waals surface area contributed by atoms with Crippen LogP contribution in [0.4, 0.5) is 0 Å². The highest BCUT2D eigenvalue weighted by Gasteiger charge is 2.43. The Morgan fingerprint density at radius 2 is 1.77 bits per heavy atom. The summed E-state index contributed by atoms with van der Waals surface area (Å²) in [6.45, 7) is 4.18. The van der Waals surface area contributed by atoms with Gasteiger partial charge in [-0.2, -0.15) is 0 Å². The van der Waals surface area contributed by atoms with Crippen LogP contribution in [0.3, 0.4) is 0 Å². The van der Waals surface area contributed by atoms with Gasteiger partial charge in [-0.1, -0.05) is 0 Å². The molecule has 0 bridgehead atoms. The number of hydrogen-bond acceptors (Lipinski definition) is 2. The Labute approximate surface area is 84.1 Å². The highest BCUT2D eigenvalue weighted by molar-refractivity contribution is 8.11. The van der Waals surface area contributed by atoms with Crippen molar-refractivity contribution in [1.29, 1.82) is 0 Å². The molecule has 0 saturated carbocycles. The number of rotatable bonds is 6. The fourth-order valence-corrected chi connectivity index (χ4v) is 5.04. The number of hydrogen-bond donors (Lipinski definition) is 2. The second-order valence-electron chi connectivity index (χ2n) is 3.44. The van der Waals surface area contributed by atoms with Gasteiger partial charge in [0, 0.05) is 39.3 Å². The van der Waals surface area contributed by atoms with E-state index in [0.717, 1.165) is 39.1 Å². The first-order valence-corrected chi connectivity index (χ1v) is 7.45. The van der Waals surface area contributed by atoms with Gasteiger partial charge in [-0.05, 0) is 18.2 Å². The maximum atomic E-state index is 8.68. The van der Waals surface area contributed by atoms with Crippen LogP contribution < -0.4 is 5.09 Å². The molecule has 2 saturated heterocycles. The zero-order valence-electron chi connectivity index (χ0n) is 7.65. The van der Waals surface area contributed by atoms with Crippen LogP contribution in [0.5, 0.6) is 0 Å². The summed E-state index contributed by atoms with van der Waals surface area (Å²) in [4.78, 5) is 0. The molecular formula is C7H16N3OPS. The lowest BCUT2D eigenvalue weighted by Crippen LogP contribution is -2.22. The number of aliphatic hydroxyl groups excluding tert-OH is 1. The predicted octanol–water partition coefficient (Wildman–Crippen LogP) is -0.186. The summed E-state index contributed by atoms with van der Waals surface area (Å²) in [5.41, 5.74) is 0. The molecule has 0 amide bonds. The molecule has 0 aromatic carbocycles. The van der Waals surface area contributed by atoms with Crippen LogP contribution in [0, 0.1) is 0 Å². The van der Waals surface area contributed by atoms with Gasteiger partial charge in [0.2, 0.25) is 0 Å². The first-order valence-electron chi connectivity index (χ1n) is 4.74. The summed E-state index contributed by atoms with van der Waals surface area (Å²) >= 11 is 5.66. The number of nitrogens with zero attached hydrogens (tertiary/aromatic N) is 2. The topological polar surface area (TPSA) is 38.3 Å². The Bertz CT molecular complexity index is 214. The highest BCUT2D eigenvalue weighted by atomic mass is 32.4. The molecule has 0 aromatic rings. The lowest BCUT2D eigenvalue weighted by molar-refractivity contribution is 0.289. The molecule has 6 heteroatoms. The SMILES string of the molecule is OCCCNP(=S)(N1CC1)N1CC1. The molecule has 2 fully saturated rings. The molecule has 0 atom stereocenters. The summed E-state index contributed by atoms with van der Waals surface area (Å²) < 4.78 is 4.71. The molecule has 2 rings (SSSR count). The zero-order chi connectivity index (χ0) is 9.31. The first-order chi connectivity index (χ1) is 6.27. The molecule has 0 unspecified atom stereocenters. The molecule has 4 nitrogen and oxygen atoms in total. The van der Waals surface area contributed by atoms with Gasteiger partial charge in [-0.3, -0.25) is 5.09 Å². The van der Waals surface area contributed by atoms with Crippen molar-refractivity contribution in [2.75, 3.05) is 39.3 Å². The van der Waals surface area contributed by atoms with E-state index in [2.05, 4.69) is 14.4 Å². The Morgan fingerprint density at radius 1 is 1.23 bits per heavy atom. The van der Waals surface area contributed by atoms with Crippen molar-refractivity contribution in [3.8, 4) is 0 Å². The Morgan fingerprint density at radius 3 is 2.15 bits per heavy atom. The largest absolute Gasteiger partial charge is 0.396 e. The van der Waals surface area contributed by atoms with E-state index in [0.29, 0.717) is 0 Å². The molecule has 2 heterocycles. The van der Waals surface area contributed by atoms with Crippen LogP contribution in [-0.2, 0) is 11.8 Å². The third-order valence-corrected chi connectivity index (χ3v) is 7.01. The standard InChI is InChI=1S/C7H16N3OPS/c11-7-1-2-8-12(13,9-3-4-9)10-5-6-10/h11H,1-7H2,(H,8,13). The van der Waals surface area contributed by atoms with Crippen LogP contribution in [0.2, 0.25) is 0 Å². The van der Waals surface area contributed by atoms with Crippen LogP contribution in [0.1, 0.15) is 6.42 Å². The minimum atomic E-state index is -1.53. The Kier molecular flexibility index (Phi) is 3.03. The van der Waals surface area contributed by atoms with E-state index in [1.165, 1.54) is 0 Å². The molecule has 0 radical (unpaired) electrons. The van der Waals surface area contributed by atoms with Crippen LogP contribution in [0.25, 0.3) is 0 Å². The van der Waals surface area contributed by atoms with E-state index in [-0.39, 0.29) is 6.61 Å². The molecule has 76 valence electrons. The fraction of sp³-hybridized carbons (Fsp3) is 1.00. The second-order valence-corrected chi connectivity index (χ2v) is 7.50. The summed E-state index contributed by atoms with van der Waals surface area (Å²) in [6.07, 6.45) is 0.806. The molecule has 0 spiro atoms. The highest BCUT2D eigenvalue weighted by Crippen LogP contribution is 2.56. The average Bonchev–Trinajstić information content (AvgIpc) is 2.95. The van der Waals surface area contributed by atoms with Crippen molar-refractivity contribution < 1.29 is 5.11 Å². The molecular weight excluding hydrogens is 205 g/mol. The summed E-state index contributed by atoms with van der Waals surface area (Å²) in [5.74, 6) is 0. The molecule has 2 N–H and O–H groups in total. The van der Waals surface area contributed by atoms with Crippen molar-refractivity contribution in [1.82, 2.24) is 14.4 Å². The monoisotopic (exact) mass is 221 g/mol. The van der Waals surface area contributed by atoms with E-state index in [4.69, 9.17) is 16.9 Å². The molecule has 13 heavy (non-hydrogen) atoms. The van der Waals surface area contributed by atoms with E-state index >= 15 is 0 Å². The summed E-state index contributed by atoms with van der Waals surface area (Å²) in [6, 6.07) is 0. The van der Waals surface area contributed by atoms with Gasteiger partial charge < -0.3 is 5.11 Å². The summed E-state index contributed by atoms with van der Waals surface area (Å²) in [7, 11) is 0. The van der Waals surface area contributed by atoms with Gasteiger partial charge in [-0.15, -0.1) is 0 Å². The minimum Gasteiger partial charge on any atom is -0.396 e. The van der Waals surface area contributed by atoms with Gasteiger partial charge in [0.25, 0.3) is 0 Å². The van der Waals surface area contributed by atoms with Crippen molar-refractivity contribution in [2.45, 2.75) is 6.42 Å². The maximum Gasteiger partial charge on any atom is 0.143 e. The second kappa shape index (κ2) is 3.93. The predicted molar refractivity (Wildman–Crippen MR) is 57.1 cm³/mol. The molecule has 2 aliphatic rings. The van der Waals surface area contributed by atoms with Crippen molar-refractivity contribution in [2.24, 2.45) is 0 Å². The Hall–Kier alpha value is 0.490. The fourth-order valence-electron chi connectivity index (χ4n) is 1.31. The normalized spacial score (nSPS) is 23.5. The van der Waals surface area contributed by atoms with Crippen LogP contribution in [0.15, 0.2) is 0 Å². The van der Waals surface area contributed by atoms with Gasteiger partial charge in [0.05, 0.1) is 0 Å². The van der Waals surface area contributed by atoms with Gasteiger partial charge >= 0.3 is 0 Å². The third kappa shape index (κ3) is 2.29. The van der Waals surface area contributed by atoms with Gasteiger partial charge in [-0.25, -0.2) is 9.34 Å². The van der Waals surface area contributed by atoms with E-state index in [1.54, 1.807) is 0 Å². The van der Waals surface area contributed by atoms with Crippen LogP contribution in [-0.4, -0.2) is 53.8 Å². The summed E-state index contributed by atoms with van der Waals surface area (Å²) in [5, 5.41) is 12.1. The van der Waals surface area contributed by atoms with E-state index in [9.17, 15) is 0 Å². The maximum absolute atomic E-state index is 8.68. The first kappa shape index (κ1) is 10.0. The minimum absolute atomic E-state index is 0.252. The van der Waals surface area contributed by atoms with Gasteiger partial charge in [0.15, 0.2) is 0 Å². The molecule has 0 aliphatic carbocycles. The number of nitrogens with one attached hydrogen (secondary N) is 1. The average molecular weight is 221 g/mol. The Balaban J connectivity index is 1.85. The van der Waals surface area contributed by atoms with Crippen molar-refractivity contribution in [3.63, 3.8) is 0 Å². The van der Waals surface area contributed by atoms with E-state index in [1.807, 2.05) is 0 Å². The molecule has 0 aromatic heterocycles. The zero-order valence-corrected chi connectivity index (χ0v) is 9.36. The third-order valence-electron chi connectivity index (χ3n) is 2.27. The van der Waals surface area contributed by atoms with E-state index < -0.39 is 6.49 Å². The lowest BCUT2D eigenvalue weighted by Gasteiger charge is -2.25. The van der Waals surface area contributed by atoms with Crippen molar-refractivity contribution >= 4 is 18.3 Å².